The van der Waals surface area contributed by atoms with Gasteiger partial charge in [0.15, 0.2) is 0 Å². The van der Waals surface area contributed by atoms with Crippen molar-refractivity contribution in [2.75, 3.05) is 0 Å². The Morgan fingerprint density at radius 2 is 1.47 bits per heavy atom. The van der Waals surface area contributed by atoms with Gasteiger partial charge in [-0.25, -0.2) is 0 Å². The van der Waals surface area contributed by atoms with Crippen LogP contribution in [0.25, 0.3) is 0 Å². The predicted molar refractivity (Wildman–Crippen MR) is 83.8 cm³/mol. The van der Waals surface area contributed by atoms with E-state index in [9.17, 15) is 0 Å². The van der Waals surface area contributed by atoms with Gasteiger partial charge in [-0.3, -0.25) is 4.99 Å². The summed E-state index contributed by atoms with van der Waals surface area (Å²) in [7, 11) is 0. The third kappa shape index (κ3) is 3.93. The largest absolute Gasteiger partial charge is 0.256 e. The standard InChI is InChI=1S/C17H18ClN/c1-17(2,3)14-6-4-13(5-7-14)12-19-16-10-8-15(18)9-11-16/h4-12H,1-3H3. The number of hydrogen-bond donors (Lipinski definition) is 0. The highest BCUT2D eigenvalue weighted by atomic mass is 35.5. The van der Waals surface area contributed by atoms with Crippen LogP contribution in [0.1, 0.15) is 31.9 Å². The lowest BCUT2D eigenvalue weighted by molar-refractivity contribution is 0.590. The van der Waals surface area contributed by atoms with Gasteiger partial charge in [0.1, 0.15) is 0 Å². The molecule has 0 aliphatic rings. The maximum absolute atomic E-state index is 5.84. The zero-order valence-electron chi connectivity index (χ0n) is 11.5. The van der Waals surface area contributed by atoms with Crippen LogP contribution in [0.2, 0.25) is 5.02 Å². The first-order valence-electron chi connectivity index (χ1n) is 6.35. The molecule has 2 aromatic carbocycles. The van der Waals surface area contributed by atoms with Gasteiger partial charge in [-0.2, -0.15) is 0 Å². The van der Waals surface area contributed by atoms with Crippen molar-refractivity contribution in [2.24, 2.45) is 4.99 Å². The van der Waals surface area contributed by atoms with E-state index in [2.05, 4.69) is 50.0 Å². The normalized spacial score (nSPS) is 12.0. The van der Waals surface area contributed by atoms with Crippen LogP contribution in [0, 0.1) is 0 Å². The number of rotatable bonds is 2. The molecule has 0 unspecified atom stereocenters. The van der Waals surface area contributed by atoms with Gasteiger partial charge in [0.2, 0.25) is 0 Å². The number of aliphatic imine (C=N–C) groups is 1. The van der Waals surface area contributed by atoms with E-state index in [1.54, 1.807) is 0 Å². The Morgan fingerprint density at radius 1 is 0.895 bits per heavy atom. The third-order valence-electron chi connectivity index (χ3n) is 2.97. The molecule has 0 bridgehead atoms. The van der Waals surface area contributed by atoms with E-state index in [4.69, 9.17) is 11.6 Å². The molecule has 0 amide bonds. The van der Waals surface area contributed by atoms with Crippen LogP contribution >= 0.6 is 11.6 Å². The molecule has 98 valence electrons. The summed E-state index contributed by atoms with van der Waals surface area (Å²) in [5.41, 5.74) is 3.52. The predicted octanol–water partition coefficient (Wildman–Crippen LogP) is 5.39. The number of benzene rings is 2. The lowest BCUT2D eigenvalue weighted by atomic mass is 9.87. The smallest absolute Gasteiger partial charge is 0.0630 e. The molecule has 0 atom stereocenters. The van der Waals surface area contributed by atoms with Gasteiger partial charge in [-0.05, 0) is 40.8 Å². The summed E-state index contributed by atoms with van der Waals surface area (Å²) in [6, 6.07) is 16.0. The maximum atomic E-state index is 5.84. The molecule has 2 aromatic rings. The summed E-state index contributed by atoms with van der Waals surface area (Å²) in [6.07, 6.45) is 1.87. The first-order valence-corrected chi connectivity index (χ1v) is 6.73. The molecule has 0 heterocycles. The van der Waals surface area contributed by atoms with Crippen LogP contribution in [0.5, 0.6) is 0 Å². The van der Waals surface area contributed by atoms with Crippen molar-refractivity contribution in [3.63, 3.8) is 0 Å². The molecule has 0 saturated carbocycles. The molecule has 2 heteroatoms. The Balaban J connectivity index is 2.13. The number of halogens is 1. The fourth-order valence-electron chi connectivity index (χ4n) is 1.75. The Hall–Kier alpha value is -1.60. The molecule has 0 aliphatic carbocycles. The van der Waals surface area contributed by atoms with Gasteiger partial charge < -0.3 is 0 Å². The molecule has 0 spiro atoms. The lowest BCUT2D eigenvalue weighted by Gasteiger charge is -2.18. The van der Waals surface area contributed by atoms with Crippen LogP contribution in [0.3, 0.4) is 0 Å². The van der Waals surface area contributed by atoms with E-state index in [0.29, 0.717) is 0 Å². The Labute approximate surface area is 120 Å². The molecule has 19 heavy (non-hydrogen) atoms. The minimum Gasteiger partial charge on any atom is -0.256 e. The Kier molecular flexibility index (Phi) is 4.06. The number of nitrogens with zero attached hydrogens (tertiary/aromatic N) is 1. The Bertz CT molecular complexity index is 560. The number of hydrogen-bond acceptors (Lipinski definition) is 1. The highest BCUT2D eigenvalue weighted by Gasteiger charge is 2.12. The highest BCUT2D eigenvalue weighted by Crippen LogP contribution is 2.22. The maximum Gasteiger partial charge on any atom is 0.0630 e. The van der Waals surface area contributed by atoms with Gasteiger partial charge >= 0.3 is 0 Å². The first-order chi connectivity index (χ1) is 8.95. The second-order valence-electron chi connectivity index (χ2n) is 5.61. The minimum absolute atomic E-state index is 0.186. The zero-order valence-corrected chi connectivity index (χ0v) is 12.3. The quantitative estimate of drug-likeness (QED) is 0.650. The molecule has 0 radical (unpaired) electrons. The molecular weight excluding hydrogens is 254 g/mol. The monoisotopic (exact) mass is 271 g/mol. The average molecular weight is 272 g/mol. The fourth-order valence-corrected chi connectivity index (χ4v) is 1.87. The summed E-state index contributed by atoms with van der Waals surface area (Å²) in [6.45, 7) is 6.64. The van der Waals surface area contributed by atoms with Crippen molar-refractivity contribution < 1.29 is 0 Å². The van der Waals surface area contributed by atoms with Gasteiger partial charge in [0.05, 0.1) is 5.69 Å². The molecule has 0 saturated heterocycles. The third-order valence-corrected chi connectivity index (χ3v) is 3.22. The van der Waals surface area contributed by atoms with Crippen LogP contribution < -0.4 is 0 Å². The summed E-state index contributed by atoms with van der Waals surface area (Å²) < 4.78 is 0. The summed E-state index contributed by atoms with van der Waals surface area (Å²) in [5, 5.41) is 0.730. The second-order valence-corrected chi connectivity index (χ2v) is 6.04. The lowest BCUT2D eigenvalue weighted by Crippen LogP contribution is -2.10. The van der Waals surface area contributed by atoms with Crippen molar-refractivity contribution in [1.82, 2.24) is 0 Å². The molecular formula is C17H18ClN. The fraction of sp³-hybridized carbons (Fsp3) is 0.235. The average Bonchev–Trinajstić information content (AvgIpc) is 2.37. The molecule has 0 N–H and O–H groups in total. The summed E-state index contributed by atoms with van der Waals surface area (Å²) in [5.74, 6) is 0. The first kappa shape index (κ1) is 13.8. The van der Waals surface area contributed by atoms with Gasteiger partial charge in [-0.1, -0.05) is 56.6 Å². The van der Waals surface area contributed by atoms with Crippen LogP contribution in [-0.2, 0) is 5.41 Å². The molecule has 0 aliphatic heterocycles. The van der Waals surface area contributed by atoms with Crippen molar-refractivity contribution >= 4 is 23.5 Å². The molecule has 1 nitrogen and oxygen atoms in total. The van der Waals surface area contributed by atoms with E-state index in [-0.39, 0.29) is 5.41 Å². The second kappa shape index (κ2) is 5.58. The van der Waals surface area contributed by atoms with Crippen LogP contribution in [0.4, 0.5) is 5.69 Å². The van der Waals surface area contributed by atoms with Gasteiger partial charge in [0.25, 0.3) is 0 Å². The topological polar surface area (TPSA) is 12.4 Å². The minimum atomic E-state index is 0.186. The van der Waals surface area contributed by atoms with Crippen LogP contribution in [0.15, 0.2) is 53.5 Å². The van der Waals surface area contributed by atoms with Crippen LogP contribution in [-0.4, -0.2) is 6.21 Å². The summed E-state index contributed by atoms with van der Waals surface area (Å²) in [4.78, 5) is 4.43. The van der Waals surface area contributed by atoms with Crippen molar-refractivity contribution in [2.45, 2.75) is 26.2 Å². The van der Waals surface area contributed by atoms with Crippen molar-refractivity contribution in [1.29, 1.82) is 0 Å². The van der Waals surface area contributed by atoms with E-state index in [1.807, 2.05) is 30.5 Å². The molecule has 2 rings (SSSR count). The molecule has 0 fully saturated rings. The SMILES string of the molecule is CC(C)(C)c1ccc(C=Nc2ccc(Cl)cc2)cc1. The van der Waals surface area contributed by atoms with Gasteiger partial charge in [0, 0.05) is 11.2 Å². The Morgan fingerprint density at radius 3 is 2.00 bits per heavy atom. The van der Waals surface area contributed by atoms with Gasteiger partial charge in [-0.15, -0.1) is 0 Å². The zero-order chi connectivity index (χ0) is 13.9. The van der Waals surface area contributed by atoms with E-state index in [1.165, 1.54) is 5.56 Å². The van der Waals surface area contributed by atoms with E-state index < -0.39 is 0 Å². The highest BCUT2D eigenvalue weighted by molar-refractivity contribution is 6.30. The van der Waals surface area contributed by atoms with Crippen molar-refractivity contribution in [3.8, 4) is 0 Å². The van der Waals surface area contributed by atoms with E-state index >= 15 is 0 Å². The summed E-state index contributed by atoms with van der Waals surface area (Å²) >= 11 is 5.84. The van der Waals surface area contributed by atoms with Crippen molar-refractivity contribution in [3.05, 3.63) is 64.7 Å². The van der Waals surface area contributed by atoms with E-state index in [0.717, 1.165) is 16.3 Å². The molecule has 0 aromatic heterocycles.